The highest BCUT2D eigenvalue weighted by Crippen LogP contribution is 2.40. The van der Waals surface area contributed by atoms with Crippen molar-refractivity contribution in [3.05, 3.63) is 395 Å². The standard InChI is InChI=1S/C105H90O34/c1-62(106)124-87-83(134-96(113)69-46-24-8-25-47-69)79(130-92(109)65-38-16-4-17-39-65)75(126-102(87)119)59-121-104-90(139-101(118)74-56-34-13-35-57-74)86(137-99(116)72-52-30-11-31-53-72)82(133-95(112)68-44-22-7-23-45-68)78(129-104)60-122-103-88(125-63(2)107)84(135-97(114)70-48-26-9-27-49-70)81(132-94(111)67-42-20-6-21-43-67)77(128-103)61-123-105-89(138-100(117)73-54-32-12-33-55-73)85(136-98(115)71-50-28-10-29-51-71)80(131-93(110)66-40-18-5-19-41-66)76(127-105)58-120-91(108)64-36-14-3-15-37-64/h3-57,75-90,102-105,119H,58-61H2,1-2H3/t75-,76+,77+,78-,79-,80-,81-,82-,83-,84+,85+,86+,87-,88-,89-,90+,102-,103+,104+,105+/m1/s1. The lowest BCUT2D eigenvalue weighted by Crippen LogP contribution is -2.66. The summed E-state index contributed by atoms with van der Waals surface area (Å²) in [4.78, 5) is 191. The van der Waals surface area contributed by atoms with Gasteiger partial charge in [-0.1, -0.05) is 200 Å². The summed E-state index contributed by atoms with van der Waals surface area (Å²) >= 11 is 0. The number of rotatable bonds is 34. The number of esters is 13. The zero-order chi connectivity index (χ0) is 97.3. The maximum absolute atomic E-state index is 15.2. The highest BCUT2D eigenvalue weighted by molar-refractivity contribution is 5.95. The normalized spacial score (nSPS) is 24.1. The van der Waals surface area contributed by atoms with E-state index in [4.69, 9.17) is 94.7 Å². The van der Waals surface area contributed by atoms with Gasteiger partial charge in [-0.25, -0.2) is 52.7 Å². The van der Waals surface area contributed by atoms with Crippen LogP contribution in [0, 0.1) is 0 Å². The quantitative estimate of drug-likeness (QED) is 0.0289. The lowest BCUT2D eigenvalue weighted by molar-refractivity contribution is -0.344. The first kappa shape index (κ1) is 97.7. The molecule has 1 N–H and O–H groups in total. The van der Waals surface area contributed by atoms with Crippen molar-refractivity contribution in [3.63, 3.8) is 0 Å². The molecular formula is C105H90O34. The van der Waals surface area contributed by atoms with Gasteiger partial charge in [-0.2, -0.15) is 0 Å². The van der Waals surface area contributed by atoms with E-state index in [0.717, 1.165) is 13.8 Å². The number of aliphatic hydroxyl groups excluding tert-OH is 1. The Morgan fingerprint density at radius 2 is 0.353 bits per heavy atom. The number of hydrogen-bond donors (Lipinski definition) is 1. The molecule has 0 radical (unpaired) electrons. The zero-order valence-electron chi connectivity index (χ0n) is 74.0. The van der Waals surface area contributed by atoms with E-state index >= 15 is 24.0 Å². The Labute approximate surface area is 793 Å². The van der Waals surface area contributed by atoms with Gasteiger partial charge >= 0.3 is 77.6 Å². The van der Waals surface area contributed by atoms with E-state index in [9.17, 15) is 43.5 Å². The van der Waals surface area contributed by atoms with Crippen molar-refractivity contribution < 1.29 is 162 Å². The van der Waals surface area contributed by atoms with E-state index in [1.165, 1.54) is 255 Å². The molecule has 0 bridgehead atoms. The lowest BCUT2D eigenvalue weighted by atomic mass is 9.96. The summed E-state index contributed by atoms with van der Waals surface area (Å²) in [5.41, 5.74) is -1.01. The van der Waals surface area contributed by atoms with E-state index in [-0.39, 0.29) is 61.2 Å². The maximum atomic E-state index is 15.2. The molecule has 714 valence electrons. The third kappa shape index (κ3) is 25.3. The second-order valence-electron chi connectivity index (χ2n) is 31.7. The molecule has 139 heavy (non-hydrogen) atoms. The molecule has 4 heterocycles. The van der Waals surface area contributed by atoms with E-state index in [2.05, 4.69) is 0 Å². The molecule has 0 aromatic heterocycles. The molecule has 34 heteroatoms. The van der Waals surface area contributed by atoms with E-state index in [1.54, 1.807) is 78.9 Å². The third-order valence-electron chi connectivity index (χ3n) is 22.2. The van der Waals surface area contributed by atoms with Crippen LogP contribution in [0.2, 0.25) is 0 Å². The predicted molar refractivity (Wildman–Crippen MR) is 479 cm³/mol. The summed E-state index contributed by atoms with van der Waals surface area (Å²) in [6.45, 7) is -2.18. The molecule has 11 aromatic carbocycles. The molecule has 0 unspecified atom stereocenters. The van der Waals surface area contributed by atoms with E-state index in [0.29, 0.717) is 0 Å². The fourth-order valence-electron chi connectivity index (χ4n) is 15.5. The number of ether oxygens (including phenoxy) is 20. The maximum Gasteiger partial charge on any atom is 0.338 e. The van der Waals surface area contributed by atoms with Gasteiger partial charge in [0.25, 0.3) is 0 Å². The zero-order valence-corrected chi connectivity index (χ0v) is 74.0. The molecule has 34 nitrogen and oxygen atoms in total. The van der Waals surface area contributed by atoms with Gasteiger partial charge in [0.05, 0.1) is 81.0 Å². The van der Waals surface area contributed by atoms with Crippen molar-refractivity contribution in [2.24, 2.45) is 0 Å². The second-order valence-corrected chi connectivity index (χ2v) is 31.7. The average molecular weight is 1900 g/mol. The van der Waals surface area contributed by atoms with Crippen molar-refractivity contribution in [1.82, 2.24) is 0 Å². The minimum Gasteiger partial charge on any atom is -0.459 e. The SMILES string of the molecule is CC(=O)O[C@@H]1[C@H](OC(=O)c2ccccc2)[C@H](OC(=O)c2ccccc2)[C@@H](CO[C@H]2O[C@H](CO[C@H]3O[C@@H](CO[C@H]4O[C@@H](COC(=O)c5ccccc5)[C@@H](OC(=O)c5ccccc5)[C@H](OC(=O)c5ccccc5)[C@H]4OC(=O)c4ccccc4)[C@@H](OC(=O)c4ccccc4)[C@H](OC(=O)c4ccccc4)[C@H]3OC(C)=O)[C@@H](OC(=O)c3ccccc3)[C@H](OC(=O)c3ccccc3)[C@@H]2OC(=O)c2ccccc2)O[C@H]1O. The first-order valence-corrected chi connectivity index (χ1v) is 43.9. The van der Waals surface area contributed by atoms with Gasteiger partial charge in [0.1, 0.15) is 31.0 Å². The van der Waals surface area contributed by atoms with E-state index < -0.39 is 227 Å². The molecule has 4 fully saturated rings. The molecule has 4 saturated heterocycles. The van der Waals surface area contributed by atoms with Gasteiger partial charge in [0.15, 0.2) is 98.4 Å². The molecule has 20 atom stereocenters. The van der Waals surface area contributed by atoms with Gasteiger partial charge < -0.3 is 99.8 Å². The fourth-order valence-corrected chi connectivity index (χ4v) is 15.5. The van der Waals surface area contributed by atoms with Crippen molar-refractivity contribution in [2.75, 3.05) is 26.4 Å². The summed E-state index contributed by atoms with van der Waals surface area (Å²) < 4.78 is 129. The van der Waals surface area contributed by atoms with Crippen LogP contribution in [0.1, 0.15) is 128 Å². The van der Waals surface area contributed by atoms with Crippen molar-refractivity contribution >= 4 is 77.6 Å². The first-order chi connectivity index (χ1) is 67.5. The Morgan fingerprint density at radius 3 is 0.561 bits per heavy atom. The molecule has 0 saturated carbocycles. The highest BCUT2D eigenvalue weighted by Gasteiger charge is 2.60. The lowest BCUT2D eigenvalue weighted by Gasteiger charge is -2.47. The van der Waals surface area contributed by atoms with Gasteiger partial charge in [-0.05, 0) is 133 Å². The number of benzene rings is 11. The van der Waals surface area contributed by atoms with Gasteiger partial charge in [-0.15, -0.1) is 0 Å². The van der Waals surface area contributed by atoms with Crippen molar-refractivity contribution in [1.29, 1.82) is 0 Å². The molecular weight excluding hydrogens is 1810 g/mol. The molecule has 0 spiro atoms. The molecule has 4 aliphatic rings. The Bertz CT molecular complexity index is 6020. The average Bonchev–Trinajstić information content (AvgIpc) is 0.775. The van der Waals surface area contributed by atoms with Crippen LogP contribution in [-0.2, 0) is 104 Å². The van der Waals surface area contributed by atoms with Crippen LogP contribution in [-0.4, -0.2) is 232 Å². The second kappa shape index (κ2) is 47.1. The third-order valence-corrected chi connectivity index (χ3v) is 22.2. The number of hydrogen-bond acceptors (Lipinski definition) is 34. The Kier molecular flexibility index (Phi) is 33.1. The molecule has 0 aliphatic carbocycles. The summed E-state index contributed by atoms with van der Waals surface area (Å²) in [6, 6.07) is 81.3. The van der Waals surface area contributed by atoms with Crippen LogP contribution in [0.15, 0.2) is 334 Å². The Morgan fingerprint density at radius 1 is 0.194 bits per heavy atom. The molecule has 0 amide bonds. The highest BCUT2D eigenvalue weighted by atomic mass is 16.8. The number of carbonyl (C=O) groups is 13. The molecule has 15 rings (SSSR count). The minimum atomic E-state index is -2.28. The van der Waals surface area contributed by atoms with Crippen molar-refractivity contribution in [3.8, 4) is 0 Å². The fraction of sp³-hybridized carbons (Fsp3) is 0.248. The minimum absolute atomic E-state index is 0.0389. The Balaban J connectivity index is 0.865. The van der Waals surface area contributed by atoms with Crippen LogP contribution in [0.3, 0.4) is 0 Å². The molecule has 11 aromatic rings. The number of carbonyl (C=O) groups excluding carboxylic acids is 13. The predicted octanol–water partition coefficient (Wildman–Crippen LogP) is 11.9. The smallest absolute Gasteiger partial charge is 0.338 e. The van der Waals surface area contributed by atoms with Crippen LogP contribution < -0.4 is 0 Å². The summed E-state index contributed by atoms with van der Waals surface area (Å²) in [5, 5.41) is 12.1. The first-order valence-electron chi connectivity index (χ1n) is 43.9. The van der Waals surface area contributed by atoms with Crippen LogP contribution >= 0.6 is 0 Å². The van der Waals surface area contributed by atoms with Gasteiger partial charge in [-0.3, -0.25) is 9.59 Å². The molecule has 4 aliphatic heterocycles. The largest absolute Gasteiger partial charge is 0.459 e. The van der Waals surface area contributed by atoms with Crippen molar-refractivity contribution in [2.45, 2.75) is 137 Å². The van der Waals surface area contributed by atoms with Crippen LogP contribution in [0.4, 0.5) is 0 Å². The monoisotopic (exact) mass is 1890 g/mol. The Hall–Kier alpha value is -15.8. The van der Waals surface area contributed by atoms with Crippen LogP contribution in [0.5, 0.6) is 0 Å². The van der Waals surface area contributed by atoms with Crippen LogP contribution in [0.25, 0.3) is 0 Å². The number of aliphatic hydroxyl groups is 1. The van der Waals surface area contributed by atoms with Gasteiger partial charge in [0.2, 0.25) is 0 Å². The van der Waals surface area contributed by atoms with Gasteiger partial charge in [0, 0.05) is 13.8 Å². The summed E-state index contributed by atoms with van der Waals surface area (Å²) in [5.74, 6) is -14.4. The topological polar surface area (TPSA) is 427 Å². The summed E-state index contributed by atoms with van der Waals surface area (Å²) in [6.07, 6.45) is -41.8. The summed E-state index contributed by atoms with van der Waals surface area (Å²) in [7, 11) is 0. The van der Waals surface area contributed by atoms with E-state index in [1.807, 2.05) is 0 Å².